The molecule has 2 heterocycles. The Morgan fingerprint density at radius 1 is 1.42 bits per heavy atom. The average Bonchev–Trinajstić information content (AvgIpc) is 2.69. The molecule has 0 aliphatic carbocycles. The van der Waals surface area contributed by atoms with E-state index >= 15 is 0 Å². The van der Waals surface area contributed by atoms with Gasteiger partial charge in [0, 0.05) is 11.9 Å². The topological polar surface area (TPSA) is 47.8 Å². The van der Waals surface area contributed by atoms with Crippen LogP contribution in [0.3, 0.4) is 0 Å². The van der Waals surface area contributed by atoms with E-state index in [0.29, 0.717) is 16.0 Å². The highest BCUT2D eigenvalue weighted by Gasteiger charge is 2.41. The zero-order chi connectivity index (χ0) is 14.2. The van der Waals surface area contributed by atoms with Crippen molar-refractivity contribution in [3.63, 3.8) is 0 Å². The van der Waals surface area contributed by atoms with Crippen molar-refractivity contribution in [3.8, 4) is 5.82 Å². The van der Waals surface area contributed by atoms with E-state index in [2.05, 4.69) is 26.0 Å². The van der Waals surface area contributed by atoms with Crippen LogP contribution in [0.15, 0.2) is 28.9 Å². The lowest BCUT2D eigenvalue weighted by Gasteiger charge is -2.05. The minimum atomic E-state index is -4.94. The second kappa shape index (κ2) is 4.76. The Bertz CT molecular complexity index is 636. The number of nitrogens with zero attached hydrogens (tertiary/aromatic N) is 3. The molecule has 2 rings (SSSR count). The fraction of sp³-hybridized carbons (Fsp3) is 0.182. The summed E-state index contributed by atoms with van der Waals surface area (Å²) < 4.78 is 38.7. The highest BCUT2D eigenvalue weighted by atomic mass is 79.9. The van der Waals surface area contributed by atoms with E-state index in [0.717, 1.165) is 6.07 Å². The van der Waals surface area contributed by atoms with Gasteiger partial charge in [0.25, 0.3) is 5.78 Å². The highest BCUT2D eigenvalue weighted by molar-refractivity contribution is 9.10. The fourth-order valence-electron chi connectivity index (χ4n) is 1.48. The molecule has 0 unspecified atom stereocenters. The summed E-state index contributed by atoms with van der Waals surface area (Å²) >= 11 is 3.22. The van der Waals surface area contributed by atoms with Crippen LogP contribution in [-0.2, 0) is 0 Å². The average molecular weight is 334 g/mol. The number of carbonyl (C=O) groups excluding carboxylic acids is 1. The zero-order valence-corrected chi connectivity index (χ0v) is 11.2. The lowest BCUT2D eigenvalue weighted by atomic mass is 10.2. The van der Waals surface area contributed by atoms with E-state index in [9.17, 15) is 18.0 Å². The monoisotopic (exact) mass is 333 g/mol. The van der Waals surface area contributed by atoms with Gasteiger partial charge in [-0.15, -0.1) is 0 Å². The summed E-state index contributed by atoms with van der Waals surface area (Å²) in [7, 11) is 0. The van der Waals surface area contributed by atoms with Crippen molar-refractivity contribution in [1.82, 2.24) is 14.8 Å². The van der Waals surface area contributed by atoms with Gasteiger partial charge in [0.15, 0.2) is 5.82 Å². The number of rotatable bonds is 2. The molecule has 0 fully saturated rings. The van der Waals surface area contributed by atoms with Gasteiger partial charge < -0.3 is 0 Å². The standard InChI is InChI=1S/C11H7BrF3N3O/c1-6-5-8(9(19)11(13,14)15)17-18(6)10-7(12)3-2-4-16-10/h2-5H,1H3. The second-order valence-electron chi connectivity index (χ2n) is 3.72. The Kier molecular flexibility index (Phi) is 3.44. The van der Waals surface area contributed by atoms with Crippen molar-refractivity contribution < 1.29 is 18.0 Å². The van der Waals surface area contributed by atoms with Gasteiger partial charge in [0.05, 0.1) is 4.47 Å². The van der Waals surface area contributed by atoms with Gasteiger partial charge in [0.1, 0.15) is 5.69 Å². The maximum Gasteiger partial charge on any atom is 0.456 e. The van der Waals surface area contributed by atoms with Crippen LogP contribution < -0.4 is 0 Å². The summed E-state index contributed by atoms with van der Waals surface area (Å²) in [6.07, 6.45) is -3.46. The predicted octanol–water partition coefficient (Wildman–Crippen LogP) is 3.08. The lowest BCUT2D eigenvalue weighted by Crippen LogP contribution is -2.23. The SMILES string of the molecule is Cc1cc(C(=O)C(F)(F)F)nn1-c1ncccc1Br. The van der Waals surface area contributed by atoms with Gasteiger partial charge in [-0.3, -0.25) is 4.79 Å². The summed E-state index contributed by atoms with van der Waals surface area (Å²) in [6.45, 7) is 1.54. The largest absolute Gasteiger partial charge is 0.456 e. The molecule has 0 amide bonds. The van der Waals surface area contributed by atoms with Crippen LogP contribution in [0.25, 0.3) is 5.82 Å². The number of alkyl halides is 3. The molecular formula is C11H7BrF3N3O. The first-order valence-electron chi connectivity index (χ1n) is 5.10. The number of Topliss-reactive ketones (excluding diaryl/α,β-unsaturated/α-hetero) is 1. The first kappa shape index (κ1) is 13.7. The Hall–Kier alpha value is -1.70. The molecule has 0 saturated heterocycles. The Morgan fingerprint density at radius 3 is 2.68 bits per heavy atom. The molecule has 2 aromatic heterocycles. The summed E-state index contributed by atoms with van der Waals surface area (Å²) in [4.78, 5) is 15.1. The van der Waals surface area contributed by atoms with E-state index in [-0.39, 0.29) is 0 Å². The van der Waals surface area contributed by atoms with Crippen molar-refractivity contribution in [1.29, 1.82) is 0 Å². The number of aryl methyl sites for hydroxylation is 1. The maximum atomic E-state index is 12.3. The van der Waals surface area contributed by atoms with Crippen molar-refractivity contribution in [3.05, 3.63) is 40.3 Å². The Labute approximate surface area is 114 Å². The van der Waals surface area contributed by atoms with Crippen LogP contribution in [-0.4, -0.2) is 26.7 Å². The molecule has 0 aromatic carbocycles. The number of ketones is 1. The van der Waals surface area contributed by atoms with E-state index < -0.39 is 17.7 Å². The number of halogens is 4. The molecule has 19 heavy (non-hydrogen) atoms. The fourth-order valence-corrected chi connectivity index (χ4v) is 1.90. The third kappa shape index (κ3) is 2.67. The van der Waals surface area contributed by atoms with Crippen LogP contribution in [0.4, 0.5) is 13.2 Å². The van der Waals surface area contributed by atoms with E-state index in [1.165, 1.54) is 10.9 Å². The molecule has 0 aliphatic heterocycles. The molecule has 0 spiro atoms. The van der Waals surface area contributed by atoms with Gasteiger partial charge in [-0.2, -0.15) is 18.3 Å². The number of hydrogen-bond donors (Lipinski definition) is 0. The lowest BCUT2D eigenvalue weighted by molar-refractivity contribution is -0.0888. The smallest absolute Gasteiger partial charge is 0.282 e. The molecule has 0 aliphatic rings. The van der Waals surface area contributed by atoms with Crippen molar-refractivity contribution in [2.45, 2.75) is 13.1 Å². The summed E-state index contributed by atoms with van der Waals surface area (Å²) in [5.74, 6) is -1.65. The number of pyridine rings is 1. The van der Waals surface area contributed by atoms with Crippen LogP contribution >= 0.6 is 15.9 Å². The summed E-state index contributed by atoms with van der Waals surface area (Å²) in [5, 5.41) is 3.66. The van der Waals surface area contributed by atoms with E-state index in [1.54, 1.807) is 19.1 Å². The molecule has 100 valence electrons. The zero-order valence-electron chi connectivity index (χ0n) is 9.57. The van der Waals surface area contributed by atoms with Crippen molar-refractivity contribution >= 4 is 21.7 Å². The molecular weight excluding hydrogens is 327 g/mol. The van der Waals surface area contributed by atoms with Crippen LogP contribution in [0, 0.1) is 6.92 Å². The number of hydrogen-bond acceptors (Lipinski definition) is 3. The van der Waals surface area contributed by atoms with Crippen molar-refractivity contribution in [2.75, 3.05) is 0 Å². The molecule has 2 aromatic rings. The molecule has 0 atom stereocenters. The molecule has 4 nitrogen and oxygen atoms in total. The molecule has 0 saturated carbocycles. The minimum absolute atomic E-state index is 0.321. The van der Waals surface area contributed by atoms with Gasteiger partial charge in [-0.25, -0.2) is 9.67 Å². The van der Waals surface area contributed by atoms with E-state index in [1.807, 2.05) is 0 Å². The number of carbonyl (C=O) groups is 1. The molecule has 0 bridgehead atoms. The first-order valence-corrected chi connectivity index (χ1v) is 5.89. The van der Waals surface area contributed by atoms with Gasteiger partial charge in [-0.05, 0) is 41.1 Å². The molecule has 0 radical (unpaired) electrons. The van der Waals surface area contributed by atoms with Crippen LogP contribution in [0.5, 0.6) is 0 Å². The third-order valence-electron chi connectivity index (χ3n) is 2.32. The second-order valence-corrected chi connectivity index (χ2v) is 4.57. The Balaban J connectivity index is 2.49. The van der Waals surface area contributed by atoms with Gasteiger partial charge in [0.2, 0.25) is 0 Å². The maximum absolute atomic E-state index is 12.3. The summed E-state index contributed by atoms with van der Waals surface area (Å²) in [6, 6.07) is 4.42. The predicted molar refractivity (Wildman–Crippen MR) is 64.2 cm³/mol. The molecule has 0 N–H and O–H groups in total. The first-order chi connectivity index (χ1) is 8.80. The van der Waals surface area contributed by atoms with Gasteiger partial charge in [-0.1, -0.05) is 0 Å². The van der Waals surface area contributed by atoms with Crippen LogP contribution in [0.1, 0.15) is 16.2 Å². The Morgan fingerprint density at radius 2 is 2.11 bits per heavy atom. The highest BCUT2D eigenvalue weighted by Crippen LogP contribution is 2.23. The third-order valence-corrected chi connectivity index (χ3v) is 2.94. The quantitative estimate of drug-likeness (QED) is 0.793. The van der Waals surface area contributed by atoms with Crippen LogP contribution in [0.2, 0.25) is 0 Å². The molecule has 8 heteroatoms. The van der Waals surface area contributed by atoms with Gasteiger partial charge >= 0.3 is 6.18 Å². The van der Waals surface area contributed by atoms with E-state index in [4.69, 9.17) is 0 Å². The minimum Gasteiger partial charge on any atom is -0.282 e. The number of aromatic nitrogens is 3. The van der Waals surface area contributed by atoms with Crippen molar-refractivity contribution in [2.24, 2.45) is 0 Å². The summed E-state index contributed by atoms with van der Waals surface area (Å²) in [5.41, 5.74) is -0.269. The normalized spacial score (nSPS) is 11.6.